The minimum Gasteiger partial charge on any atom is -0.506 e. The lowest BCUT2D eigenvalue weighted by atomic mass is 9.61. The number of imidazole rings is 1. The summed E-state index contributed by atoms with van der Waals surface area (Å²) in [6.07, 6.45) is 0. The number of nitrogens with zero attached hydrogens (tertiary/aromatic N) is 3. The Kier molecular flexibility index (Phi) is 7.94. The van der Waals surface area contributed by atoms with Gasteiger partial charge in [-0.05, 0) is 104 Å². The fourth-order valence-electron chi connectivity index (χ4n) is 10.1. The minimum atomic E-state index is -0.00401. The van der Waals surface area contributed by atoms with Gasteiger partial charge < -0.3 is 5.11 Å². The number of benzene rings is 6. The van der Waals surface area contributed by atoms with Crippen LogP contribution in [0.15, 0.2) is 127 Å². The number of aromatic hydroxyl groups is 1. The number of rotatable bonds is 5. The van der Waals surface area contributed by atoms with Crippen molar-refractivity contribution in [2.45, 2.75) is 77.6 Å². The van der Waals surface area contributed by atoms with Gasteiger partial charge in [0.1, 0.15) is 11.6 Å². The van der Waals surface area contributed by atoms with E-state index in [4.69, 9.17) is 9.97 Å². The summed E-state index contributed by atoms with van der Waals surface area (Å²) < 4.78 is 4.77. The number of thiophene rings is 1. The molecule has 0 saturated heterocycles. The van der Waals surface area contributed by atoms with Crippen LogP contribution in [0.5, 0.6) is 5.75 Å². The molecule has 4 nitrogen and oxygen atoms in total. The Morgan fingerprint density at radius 2 is 1.24 bits per heavy atom. The zero-order valence-electron chi connectivity index (χ0n) is 34.6. The van der Waals surface area contributed by atoms with Crippen molar-refractivity contribution in [3.05, 3.63) is 177 Å². The van der Waals surface area contributed by atoms with Gasteiger partial charge >= 0.3 is 0 Å². The number of phenolic OH excluding ortho intramolecular Hbond substituents is 1. The van der Waals surface area contributed by atoms with Crippen LogP contribution in [-0.2, 0) is 5.41 Å². The highest BCUT2D eigenvalue weighted by molar-refractivity contribution is 7.26. The molecule has 59 heavy (non-hydrogen) atoms. The molecule has 290 valence electrons. The van der Waals surface area contributed by atoms with E-state index in [-0.39, 0.29) is 34.8 Å². The molecule has 3 aromatic heterocycles. The number of hydrogen-bond acceptors (Lipinski definition) is 4. The molecule has 9 aromatic rings. The zero-order valence-corrected chi connectivity index (χ0v) is 35.4. The first-order valence-electron chi connectivity index (χ1n) is 21.0. The molecule has 1 N–H and O–H groups in total. The van der Waals surface area contributed by atoms with Crippen molar-refractivity contribution in [3.63, 3.8) is 0 Å². The Labute approximate surface area is 349 Å². The van der Waals surface area contributed by atoms with Crippen LogP contribution in [0, 0.1) is 0 Å². The average Bonchev–Trinajstić information content (AvgIpc) is 3.81. The SMILES string of the molecule is CC(C)c1cc(C(C)(C)C)cc(C(C)C)c1-n1c(-c2cccc(-c3ccc4sc5c6c(ccc5c4n3)C3c4ccccc4C6c4ccccc43)c2O)nc2ccccc21. The van der Waals surface area contributed by atoms with Crippen LogP contribution >= 0.6 is 11.3 Å². The molecule has 5 heteroatoms. The van der Waals surface area contributed by atoms with Gasteiger partial charge in [0.15, 0.2) is 0 Å². The van der Waals surface area contributed by atoms with E-state index in [0.29, 0.717) is 11.1 Å². The molecule has 0 unspecified atom stereocenters. The number of pyridine rings is 1. The van der Waals surface area contributed by atoms with Crippen molar-refractivity contribution in [2.75, 3.05) is 0 Å². The molecular formula is C54H47N3OS. The Morgan fingerprint density at radius 3 is 1.88 bits per heavy atom. The Balaban J connectivity index is 1.09. The molecule has 0 aliphatic heterocycles. The summed E-state index contributed by atoms with van der Waals surface area (Å²) in [6.45, 7) is 16.0. The van der Waals surface area contributed by atoms with Crippen molar-refractivity contribution >= 4 is 42.7 Å². The van der Waals surface area contributed by atoms with Crippen molar-refractivity contribution < 1.29 is 5.11 Å². The molecule has 12 rings (SSSR count). The molecule has 0 amide bonds. The fraction of sp³-hybridized carbons (Fsp3) is 0.222. The molecule has 3 aliphatic rings. The van der Waals surface area contributed by atoms with Gasteiger partial charge in [0, 0.05) is 27.5 Å². The third-order valence-electron chi connectivity index (χ3n) is 13.0. The highest BCUT2D eigenvalue weighted by Gasteiger charge is 2.42. The molecule has 6 aromatic carbocycles. The third-order valence-corrected chi connectivity index (χ3v) is 14.2. The van der Waals surface area contributed by atoms with E-state index in [1.165, 1.54) is 60.2 Å². The molecule has 3 aliphatic carbocycles. The first-order chi connectivity index (χ1) is 28.5. The zero-order chi connectivity index (χ0) is 40.5. The number of para-hydroxylation sites is 3. The van der Waals surface area contributed by atoms with E-state index in [1.54, 1.807) is 0 Å². The van der Waals surface area contributed by atoms with Crippen LogP contribution in [0.1, 0.15) is 122 Å². The number of aromatic nitrogens is 3. The second-order valence-electron chi connectivity index (χ2n) is 18.2. The monoisotopic (exact) mass is 785 g/mol. The molecule has 0 fully saturated rings. The van der Waals surface area contributed by atoms with Gasteiger partial charge in [0.05, 0.1) is 38.2 Å². The lowest BCUT2D eigenvalue weighted by molar-refractivity contribution is 0.478. The van der Waals surface area contributed by atoms with Crippen LogP contribution in [0.2, 0.25) is 0 Å². The second-order valence-corrected chi connectivity index (χ2v) is 19.3. The summed E-state index contributed by atoms with van der Waals surface area (Å²) in [4.78, 5) is 10.7. The summed E-state index contributed by atoms with van der Waals surface area (Å²) in [5.41, 5.74) is 18.6. The molecule has 0 atom stereocenters. The Morgan fingerprint density at radius 1 is 0.627 bits per heavy atom. The lowest BCUT2D eigenvalue weighted by Crippen LogP contribution is -2.27. The summed E-state index contributed by atoms with van der Waals surface area (Å²) in [5.74, 6) is 1.86. The minimum absolute atomic E-state index is 0.00401. The van der Waals surface area contributed by atoms with Crippen molar-refractivity contribution in [1.29, 1.82) is 0 Å². The first kappa shape index (κ1) is 36.1. The summed E-state index contributed by atoms with van der Waals surface area (Å²) in [7, 11) is 0. The number of fused-ring (bicyclic) bond motifs is 4. The van der Waals surface area contributed by atoms with Gasteiger partial charge in [-0.3, -0.25) is 4.57 Å². The smallest absolute Gasteiger partial charge is 0.149 e. The van der Waals surface area contributed by atoms with E-state index in [0.717, 1.165) is 38.5 Å². The van der Waals surface area contributed by atoms with E-state index < -0.39 is 0 Å². The van der Waals surface area contributed by atoms with Crippen LogP contribution in [-0.4, -0.2) is 19.6 Å². The van der Waals surface area contributed by atoms with Gasteiger partial charge in [-0.25, -0.2) is 9.97 Å². The van der Waals surface area contributed by atoms with Gasteiger partial charge in [-0.2, -0.15) is 0 Å². The molecular weight excluding hydrogens is 739 g/mol. The van der Waals surface area contributed by atoms with Crippen molar-refractivity contribution in [2.24, 2.45) is 0 Å². The van der Waals surface area contributed by atoms with Crippen LogP contribution in [0.25, 0.3) is 59.7 Å². The van der Waals surface area contributed by atoms with Crippen LogP contribution in [0.4, 0.5) is 0 Å². The predicted octanol–water partition coefficient (Wildman–Crippen LogP) is 14.4. The van der Waals surface area contributed by atoms with Crippen molar-refractivity contribution in [1.82, 2.24) is 14.5 Å². The average molecular weight is 786 g/mol. The fourth-order valence-corrected chi connectivity index (χ4v) is 11.3. The Bertz CT molecular complexity index is 3120. The standard InChI is InChI=1S/C54H47N3OS/c1-29(2)40-27-31(54(5,6)7)28-41(30(3)4)50(40)57-44-22-13-12-21-43(44)56-53(57)39-20-14-19-36(51(39)58)42-25-26-45-49(55-42)38-24-23-37-46-32-15-8-10-17-34(32)47(48(37)52(38)59-45)35-18-11-9-16-33(35)46/h8-30,46-47,58H,1-7H3. The first-order valence-corrected chi connectivity index (χ1v) is 21.8. The van der Waals surface area contributed by atoms with Crippen molar-refractivity contribution in [3.8, 4) is 34.1 Å². The van der Waals surface area contributed by atoms with Crippen LogP contribution in [0.3, 0.4) is 0 Å². The Hall–Kier alpha value is -6.04. The summed E-state index contributed by atoms with van der Waals surface area (Å²) in [5, 5.41) is 13.6. The van der Waals surface area contributed by atoms with E-state index in [9.17, 15) is 5.11 Å². The number of hydrogen-bond donors (Lipinski definition) is 1. The van der Waals surface area contributed by atoms with Crippen LogP contribution < -0.4 is 0 Å². The topological polar surface area (TPSA) is 50.9 Å². The molecule has 0 radical (unpaired) electrons. The highest BCUT2D eigenvalue weighted by atomic mass is 32.1. The number of phenols is 1. The van der Waals surface area contributed by atoms with E-state index in [1.807, 2.05) is 35.6 Å². The molecule has 0 saturated carbocycles. The predicted molar refractivity (Wildman–Crippen MR) is 246 cm³/mol. The quantitative estimate of drug-likeness (QED) is 0.189. The van der Waals surface area contributed by atoms with Gasteiger partial charge in [-0.1, -0.05) is 139 Å². The maximum Gasteiger partial charge on any atom is 0.149 e. The summed E-state index contributed by atoms with van der Waals surface area (Å²) in [6, 6.07) is 46.1. The van der Waals surface area contributed by atoms with E-state index in [2.05, 4.69) is 156 Å². The molecule has 3 heterocycles. The molecule has 0 spiro atoms. The maximum absolute atomic E-state index is 12.5. The normalized spacial score (nSPS) is 15.7. The van der Waals surface area contributed by atoms with Gasteiger partial charge in [0.2, 0.25) is 0 Å². The summed E-state index contributed by atoms with van der Waals surface area (Å²) >= 11 is 1.85. The second kappa shape index (κ2) is 13.0. The lowest BCUT2D eigenvalue weighted by Gasteiger charge is -2.42. The highest BCUT2D eigenvalue weighted by Crippen LogP contribution is 2.58. The van der Waals surface area contributed by atoms with Gasteiger partial charge in [0.25, 0.3) is 0 Å². The largest absolute Gasteiger partial charge is 0.506 e. The molecule has 2 bridgehead atoms. The van der Waals surface area contributed by atoms with Gasteiger partial charge in [-0.15, -0.1) is 11.3 Å². The third kappa shape index (κ3) is 5.26. The maximum atomic E-state index is 12.5. The van der Waals surface area contributed by atoms with E-state index >= 15 is 0 Å².